The van der Waals surface area contributed by atoms with Crippen LogP contribution < -0.4 is 11.5 Å². The van der Waals surface area contributed by atoms with Crippen LogP contribution in [-0.2, 0) is 21.1 Å². The molecule has 0 atom stereocenters. The molecule has 5 heteroatoms. The zero-order chi connectivity index (χ0) is 7.49. The van der Waals surface area contributed by atoms with Crippen molar-refractivity contribution in [1.29, 1.82) is 0 Å². The predicted octanol–water partition coefficient (Wildman–Crippen LogP) is 1.76. The van der Waals surface area contributed by atoms with Gasteiger partial charge in [0.05, 0.1) is 0 Å². The molecule has 0 bridgehead atoms. The molecule has 0 radical (unpaired) electrons. The Bertz CT molecular complexity index is 82.2. The smallest absolute Gasteiger partial charge is 0.117 e. The summed E-state index contributed by atoms with van der Waals surface area (Å²) in [5.41, 5.74) is 11.1. The first kappa shape index (κ1) is 14.6. The Hall–Kier alpha value is 2.07. The Morgan fingerprint density at radius 2 is 1.90 bits per heavy atom. The molecule has 10 heavy (non-hydrogen) atoms. The fourth-order valence-corrected chi connectivity index (χ4v) is 0.903. The van der Waals surface area contributed by atoms with E-state index >= 15 is 0 Å². The maximum absolute atomic E-state index is 5.69. The Morgan fingerprint density at radius 3 is 2.00 bits per heavy atom. The molecule has 0 aliphatic heterocycles. The average Bonchev–Trinajstić information content (AvgIpc) is 1.59. The molecule has 0 spiro atoms. The maximum Gasteiger partial charge on any atom is 0.117 e. The summed E-state index contributed by atoms with van der Waals surface area (Å²) in [6, 6.07) is 0.957. The molecule has 0 saturated carbocycles. The van der Waals surface area contributed by atoms with Crippen molar-refractivity contribution in [1.82, 2.24) is 0 Å². The molecule has 4 N–H and O–H groups in total. The van der Waals surface area contributed by atoms with Gasteiger partial charge in [0.15, 0.2) is 0 Å². The third-order valence-electron chi connectivity index (χ3n) is 0.853. The van der Waals surface area contributed by atoms with E-state index in [0.717, 1.165) is 18.9 Å². The molecule has 0 unspecified atom stereocenters. The Morgan fingerprint density at radius 1 is 1.50 bits per heavy atom. The summed E-state index contributed by atoms with van der Waals surface area (Å²) in [6.07, 6.45) is 1.86. The summed E-state index contributed by atoms with van der Waals surface area (Å²) in [5.74, 6) is 0. The summed E-state index contributed by atoms with van der Waals surface area (Å²) in [4.78, 5) is 0. The van der Waals surface area contributed by atoms with Crippen LogP contribution in [0.25, 0.3) is 0 Å². The van der Waals surface area contributed by atoms with Gasteiger partial charge in [-0.3, -0.25) is 6.04 Å². The van der Waals surface area contributed by atoms with Crippen molar-refractivity contribution in [2.45, 2.75) is 21.3 Å². The molecular weight excluding hydrogens is 537 g/mol. The number of nitrogens with two attached hydrogens (primary N) is 2. The fraction of sp³-hybridized carbons (Fsp3) is 0.800. The number of halogens is 2. The molecule has 0 rings (SSSR count). The quantitative estimate of drug-likeness (QED) is 0.245. The van der Waals surface area contributed by atoms with Gasteiger partial charge in [0.2, 0.25) is 0 Å². The van der Waals surface area contributed by atoms with Crippen LogP contribution in [0.5, 0.6) is 0 Å². The van der Waals surface area contributed by atoms with Crippen LogP contribution in [0.15, 0.2) is 0 Å². The first-order valence-electron chi connectivity index (χ1n) is 2.66. The van der Waals surface area contributed by atoms with Crippen molar-refractivity contribution < 1.29 is 21.1 Å². The van der Waals surface area contributed by atoms with Crippen LogP contribution in [0, 0.1) is 6.04 Å². The summed E-state index contributed by atoms with van der Waals surface area (Å²) in [5, 5.41) is 0. The average molecular weight is 548 g/mol. The molecule has 66 valence electrons. The maximum atomic E-state index is 5.69. The van der Waals surface area contributed by atoms with Gasteiger partial charge in [-0.2, -0.15) is 13.3 Å². The second kappa shape index (κ2) is 6.57. The molecule has 0 aromatic rings. The van der Waals surface area contributed by atoms with Gasteiger partial charge in [0, 0.05) is 21.1 Å². The van der Waals surface area contributed by atoms with E-state index in [9.17, 15) is 0 Å². The van der Waals surface area contributed by atoms with E-state index in [2.05, 4.69) is 45.2 Å². The molecule has 0 aliphatic carbocycles. The Labute approximate surface area is 104 Å². The van der Waals surface area contributed by atoms with Crippen molar-refractivity contribution in [2.24, 2.45) is 11.5 Å². The molecule has 0 heterocycles. The van der Waals surface area contributed by atoms with Gasteiger partial charge < -0.3 is 11.5 Å². The van der Waals surface area contributed by atoms with Gasteiger partial charge >= 0.3 is 0 Å². The normalized spacial score (nSPS) is 11.4. The van der Waals surface area contributed by atoms with Crippen LogP contribution in [0.1, 0.15) is 19.8 Å². The number of rotatable bonds is 3. The van der Waals surface area contributed by atoms with Gasteiger partial charge in [-0.05, 0) is 51.6 Å². The second-order valence-corrected chi connectivity index (χ2v) is 8.02. The van der Waals surface area contributed by atoms with Crippen molar-refractivity contribution in [3.05, 3.63) is 6.04 Å². The van der Waals surface area contributed by atoms with E-state index in [1.807, 2.05) is 6.92 Å². The van der Waals surface area contributed by atoms with E-state index in [1.54, 1.807) is 0 Å². The molecular formula is C5H11I2N2Pt-. The second-order valence-electron chi connectivity index (χ2n) is 2.11. The van der Waals surface area contributed by atoms with Crippen LogP contribution in [0.2, 0.25) is 0 Å². The summed E-state index contributed by atoms with van der Waals surface area (Å²) in [6.45, 7) is 1.92. The van der Waals surface area contributed by atoms with Gasteiger partial charge in [-0.1, -0.05) is 0 Å². The largest absolute Gasteiger partial charge is 0.481 e. The monoisotopic (exact) mass is 548 g/mol. The minimum atomic E-state index is -0.129. The van der Waals surface area contributed by atoms with Gasteiger partial charge in [-0.25, -0.2) is 0 Å². The molecule has 0 aromatic carbocycles. The van der Waals surface area contributed by atoms with E-state index in [0.29, 0.717) is 0 Å². The molecule has 2 nitrogen and oxygen atoms in total. The third kappa shape index (κ3) is 12.7. The zero-order valence-corrected chi connectivity index (χ0v) is 12.2. The molecule has 0 amide bonds. The minimum absolute atomic E-state index is 0. The van der Waals surface area contributed by atoms with Gasteiger partial charge in [0.1, 0.15) is 1.55 Å². The van der Waals surface area contributed by atoms with E-state index in [-0.39, 0.29) is 22.6 Å². The van der Waals surface area contributed by atoms with Gasteiger partial charge in [-0.15, -0.1) is 0 Å². The Kier molecular flexibility index (Phi) is 9.58. The topological polar surface area (TPSA) is 52.0 Å². The SMILES string of the molecule is C[C-](N)CCC(N)(I)I.[Pt]. The fourth-order valence-electron chi connectivity index (χ4n) is 0.364. The van der Waals surface area contributed by atoms with Crippen molar-refractivity contribution >= 4 is 45.2 Å². The van der Waals surface area contributed by atoms with Crippen LogP contribution in [0.4, 0.5) is 0 Å². The minimum Gasteiger partial charge on any atom is -0.481 e. The number of hydrogen-bond acceptors (Lipinski definition) is 2. The number of hydrogen-bond donors (Lipinski definition) is 2. The van der Waals surface area contributed by atoms with Crippen LogP contribution in [-0.4, -0.2) is 1.55 Å². The summed E-state index contributed by atoms with van der Waals surface area (Å²) >= 11 is 4.41. The first-order valence-corrected chi connectivity index (χ1v) is 4.82. The van der Waals surface area contributed by atoms with E-state index in [4.69, 9.17) is 11.5 Å². The van der Waals surface area contributed by atoms with Crippen LogP contribution in [0.3, 0.4) is 0 Å². The summed E-state index contributed by atoms with van der Waals surface area (Å²) in [7, 11) is 0. The Balaban J connectivity index is 0. The standard InChI is InChI=1S/C5H11I2N2.Pt/c1-4(8)2-3-5(6,7)9;/h2-3,8-9H2,1H3;/q-1;. The molecule has 0 fully saturated rings. The zero-order valence-electron chi connectivity index (χ0n) is 5.64. The van der Waals surface area contributed by atoms with Crippen molar-refractivity contribution in [2.75, 3.05) is 0 Å². The van der Waals surface area contributed by atoms with Gasteiger partial charge in [0.25, 0.3) is 0 Å². The first-order chi connectivity index (χ1) is 3.92. The summed E-state index contributed by atoms with van der Waals surface area (Å²) < 4.78 is -0.129. The van der Waals surface area contributed by atoms with Crippen LogP contribution >= 0.6 is 45.2 Å². The number of alkyl halides is 2. The molecule has 0 aliphatic rings. The van der Waals surface area contributed by atoms with Crippen molar-refractivity contribution in [3.8, 4) is 0 Å². The van der Waals surface area contributed by atoms with E-state index in [1.165, 1.54) is 0 Å². The van der Waals surface area contributed by atoms with Crippen molar-refractivity contribution in [3.63, 3.8) is 0 Å². The third-order valence-corrected chi connectivity index (χ3v) is 1.93. The molecule has 0 aromatic heterocycles. The molecule has 0 saturated heterocycles. The predicted molar refractivity (Wildman–Crippen MR) is 57.3 cm³/mol. The van der Waals surface area contributed by atoms with E-state index < -0.39 is 0 Å².